The molecule has 0 aliphatic rings. The Hall–Kier alpha value is -1.28. The topological polar surface area (TPSA) is 17.0 Å². The molecule has 20 heavy (non-hydrogen) atoms. The van der Waals surface area contributed by atoms with Gasteiger partial charge in [0.25, 0.3) is 0 Å². The van der Waals surface area contributed by atoms with Crippen molar-refractivity contribution in [1.29, 1.82) is 0 Å². The summed E-state index contributed by atoms with van der Waals surface area (Å²) < 4.78 is 2.39. The van der Waals surface area contributed by atoms with Gasteiger partial charge in [0.05, 0.1) is 0 Å². The predicted molar refractivity (Wildman–Crippen MR) is 88.0 cm³/mol. The van der Waals surface area contributed by atoms with Crippen LogP contribution in [0, 0.1) is 5.92 Å². The third-order valence-electron chi connectivity index (χ3n) is 3.73. The van der Waals surface area contributed by atoms with Crippen molar-refractivity contribution in [1.82, 2.24) is 9.88 Å². The molecular weight excluding hydrogens is 244 g/mol. The highest BCUT2D eigenvalue weighted by molar-refractivity contribution is 5.80. The van der Waals surface area contributed by atoms with Crippen LogP contribution in [0.15, 0.2) is 30.5 Å². The second-order valence-corrected chi connectivity index (χ2v) is 6.47. The number of aryl methyl sites for hydroxylation is 1. The zero-order chi connectivity index (χ0) is 14.5. The Labute approximate surface area is 123 Å². The quantitative estimate of drug-likeness (QED) is 0.781. The molecule has 0 atom stereocenters. The van der Waals surface area contributed by atoms with Crippen LogP contribution in [0.2, 0.25) is 0 Å². The molecule has 0 unspecified atom stereocenters. The van der Waals surface area contributed by atoms with Crippen molar-refractivity contribution in [3.63, 3.8) is 0 Å². The summed E-state index contributed by atoms with van der Waals surface area (Å²) in [5.41, 5.74) is 2.73. The maximum atomic E-state index is 3.47. The molecule has 0 bridgehead atoms. The van der Waals surface area contributed by atoms with Gasteiger partial charge < -0.3 is 9.88 Å². The fraction of sp³-hybridized carbons (Fsp3) is 0.556. The summed E-state index contributed by atoms with van der Waals surface area (Å²) in [5.74, 6) is 0.797. The molecule has 2 rings (SSSR count). The number of benzene rings is 1. The first-order valence-corrected chi connectivity index (χ1v) is 7.87. The largest absolute Gasteiger partial charge is 0.347 e. The van der Waals surface area contributed by atoms with E-state index in [2.05, 4.69) is 68.0 Å². The summed E-state index contributed by atoms with van der Waals surface area (Å²) in [6.45, 7) is 11.0. The van der Waals surface area contributed by atoms with Crippen LogP contribution in [0.4, 0.5) is 0 Å². The second kappa shape index (κ2) is 6.94. The molecular formula is C18H28N2. The van der Waals surface area contributed by atoms with Crippen molar-refractivity contribution < 1.29 is 0 Å². The van der Waals surface area contributed by atoms with Crippen LogP contribution in [0.3, 0.4) is 0 Å². The van der Waals surface area contributed by atoms with E-state index in [0.717, 1.165) is 19.0 Å². The highest BCUT2D eigenvalue weighted by atomic mass is 14.9. The number of hydrogen-bond donors (Lipinski definition) is 1. The van der Waals surface area contributed by atoms with Crippen LogP contribution in [0.5, 0.6) is 0 Å². The van der Waals surface area contributed by atoms with E-state index in [-0.39, 0.29) is 0 Å². The number of aromatic nitrogens is 1. The number of hydrogen-bond acceptors (Lipinski definition) is 1. The third-order valence-corrected chi connectivity index (χ3v) is 3.73. The zero-order valence-corrected chi connectivity index (χ0v) is 13.3. The second-order valence-electron chi connectivity index (χ2n) is 6.47. The fourth-order valence-electron chi connectivity index (χ4n) is 2.55. The lowest BCUT2D eigenvalue weighted by Crippen LogP contribution is -2.21. The smallest absolute Gasteiger partial charge is 0.0480 e. The van der Waals surface area contributed by atoms with Gasteiger partial charge in [-0.15, -0.1) is 0 Å². The van der Waals surface area contributed by atoms with E-state index in [1.807, 2.05) is 0 Å². The summed E-state index contributed by atoms with van der Waals surface area (Å²) in [6, 6.07) is 9.60. The molecule has 0 radical (unpaired) electrons. The SMILES string of the molecule is CC(C)CCCn1ccc2cc(CNC(C)C)ccc21. The lowest BCUT2D eigenvalue weighted by Gasteiger charge is -2.10. The minimum absolute atomic E-state index is 0.534. The Morgan fingerprint density at radius 3 is 2.60 bits per heavy atom. The van der Waals surface area contributed by atoms with Gasteiger partial charge in [-0.05, 0) is 47.9 Å². The van der Waals surface area contributed by atoms with Gasteiger partial charge in [0.1, 0.15) is 0 Å². The average Bonchev–Trinajstić information content (AvgIpc) is 2.79. The molecule has 1 aromatic heterocycles. The van der Waals surface area contributed by atoms with Crippen LogP contribution in [-0.2, 0) is 13.1 Å². The van der Waals surface area contributed by atoms with Crippen LogP contribution in [0.25, 0.3) is 10.9 Å². The number of fused-ring (bicyclic) bond motifs is 1. The number of nitrogens with one attached hydrogen (secondary N) is 1. The zero-order valence-electron chi connectivity index (χ0n) is 13.3. The molecule has 0 aliphatic heterocycles. The molecule has 110 valence electrons. The third kappa shape index (κ3) is 4.11. The average molecular weight is 272 g/mol. The van der Waals surface area contributed by atoms with Crippen LogP contribution in [0.1, 0.15) is 46.1 Å². The molecule has 0 aliphatic carbocycles. The molecule has 2 aromatic rings. The molecule has 0 spiro atoms. The Kier molecular flexibility index (Phi) is 5.24. The van der Waals surface area contributed by atoms with Gasteiger partial charge in [0.2, 0.25) is 0 Å². The van der Waals surface area contributed by atoms with Gasteiger partial charge in [-0.2, -0.15) is 0 Å². The number of nitrogens with zero attached hydrogens (tertiary/aromatic N) is 1. The summed E-state index contributed by atoms with van der Waals surface area (Å²) >= 11 is 0. The molecule has 0 amide bonds. The van der Waals surface area contributed by atoms with Gasteiger partial charge in [-0.3, -0.25) is 0 Å². The van der Waals surface area contributed by atoms with Crippen LogP contribution in [-0.4, -0.2) is 10.6 Å². The van der Waals surface area contributed by atoms with Crippen LogP contribution >= 0.6 is 0 Å². The molecule has 1 aromatic carbocycles. The van der Waals surface area contributed by atoms with Crippen molar-refractivity contribution in [2.24, 2.45) is 5.92 Å². The molecule has 2 nitrogen and oxygen atoms in total. The van der Waals surface area contributed by atoms with E-state index < -0.39 is 0 Å². The molecule has 1 N–H and O–H groups in total. The molecule has 0 saturated carbocycles. The predicted octanol–water partition coefficient (Wildman–Crippen LogP) is 4.58. The number of rotatable bonds is 7. The van der Waals surface area contributed by atoms with Gasteiger partial charge >= 0.3 is 0 Å². The Morgan fingerprint density at radius 1 is 1.10 bits per heavy atom. The van der Waals surface area contributed by atoms with E-state index >= 15 is 0 Å². The highest BCUT2D eigenvalue weighted by Gasteiger charge is 2.03. The van der Waals surface area contributed by atoms with E-state index in [4.69, 9.17) is 0 Å². The summed E-state index contributed by atoms with van der Waals surface area (Å²) in [7, 11) is 0. The van der Waals surface area contributed by atoms with E-state index in [0.29, 0.717) is 6.04 Å². The maximum absolute atomic E-state index is 3.47. The first kappa shape index (κ1) is 15.1. The van der Waals surface area contributed by atoms with Gasteiger partial charge in [-0.1, -0.05) is 33.8 Å². The maximum Gasteiger partial charge on any atom is 0.0480 e. The lowest BCUT2D eigenvalue weighted by atomic mass is 10.1. The van der Waals surface area contributed by atoms with Gasteiger partial charge in [0.15, 0.2) is 0 Å². The minimum Gasteiger partial charge on any atom is -0.347 e. The highest BCUT2D eigenvalue weighted by Crippen LogP contribution is 2.19. The van der Waals surface area contributed by atoms with Crippen molar-refractivity contribution in [2.45, 2.75) is 59.7 Å². The van der Waals surface area contributed by atoms with Crippen molar-refractivity contribution in [3.8, 4) is 0 Å². The Morgan fingerprint density at radius 2 is 1.90 bits per heavy atom. The van der Waals surface area contributed by atoms with E-state index in [1.54, 1.807) is 0 Å². The Bertz CT molecular complexity index is 537. The summed E-state index contributed by atoms with van der Waals surface area (Å²) in [4.78, 5) is 0. The molecule has 0 saturated heterocycles. The summed E-state index contributed by atoms with van der Waals surface area (Å²) in [6.07, 6.45) is 4.79. The van der Waals surface area contributed by atoms with Crippen molar-refractivity contribution in [3.05, 3.63) is 36.0 Å². The van der Waals surface area contributed by atoms with Crippen LogP contribution < -0.4 is 5.32 Å². The van der Waals surface area contributed by atoms with Crippen molar-refractivity contribution >= 4 is 10.9 Å². The lowest BCUT2D eigenvalue weighted by molar-refractivity contribution is 0.518. The summed E-state index contributed by atoms with van der Waals surface area (Å²) in [5, 5.41) is 4.83. The van der Waals surface area contributed by atoms with Gasteiger partial charge in [0, 0.05) is 30.8 Å². The monoisotopic (exact) mass is 272 g/mol. The van der Waals surface area contributed by atoms with Gasteiger partial charge in [-0.25, -0.2) is 0 Å². The van der Waals surface area contributed by atoms with E-state index in [1.165, 1.54) is 29.3 Å². The first-order valence-electron chi connectivity index (χ1n) is 7.87. The minimum atomic E-state index is 0.534. The Balaban J connectivity index is 2.04. The molecule has 0 fully saturated rings. The fourth-order valence-corrected chi connectivity index (χ4v) is 2.55. The normalized spacial score (nSPS) is 11.9. The van der Waals surface area contributed by atoms with Crippen molar-refractivity contribution in [2.75, 3.05) is 0 Å². The molecule has 2 heteroatoms. The molecule has 1 heterocycles. The first-order chi connectivity index (χ1) is 9.56. The van der Waals surface area contributed by atoms with E-state index in [9.17, 15) is 0 Å². The standard InChI is InChI=1S/C18H28N2/c1-14(2)6-5-10-20-11-9-17-12-16(7-8-18(17)20)13-19-15(3)4/h7-9,11-12,14-15,19H,5-6,10,13H2,1-4H3.